The fourth-order valence-corrected chi connectivity index (χ4v) is 15.7. The average Bonchev–Trinajstić information content (AvgIpc) is 0.713. The summed E-state index contributed by atoms with van der Waals surface area (Å²) < 4.78 is 23.7. The second-order valence-electron chi connectivity index (χ2n) is 37.6. The minimum Gasteiger partial charge on any atom is -0.492 e. The molecule has 0 bridgehead atoms. The van der Waals surface area contributed by atoms with E-state index in [2.05, 4.69) is 305 Å². The van der Waals surface area contributed by atoms with Crippen LogP contribution in [0.3, 0.4) is 0 Å². The molecule has 3 heterocycles. The largest absolute Gasteiger partial charge is 0.492 e. The Morgan fingerprint density at radius 1 is 0.189 bits per heavy atom. The Morgan fingerprint density at radius 3 is 0.700 bits per heavy atom. The summed E-state index contributed by atoms with van der Waals surface area (Å²) in [7, 11) is 0. The minimum atomic E-state index is -0.253. The first kappa shape index (κ1) is 82.9. The molecule has 6 aliphatic rings. The molecule has 0 saturated carbocycles. The number of hydrogen-bond acceptors (Lipinski definition) is 4. The van der Waals surface area contributed by atoms with Crippen LogP contribution in [0, 0.1) is 76.4 Å². The van der Waals surface area contributed by atoms with Crippen molar-refractivity contribution in [3.05, 3.63) is 112 Å². The van der Waals surface area contributed by atoms with Gasteiger partial charge < -0.3 is 18.9 Å². The maximum absolute atomic E-state index is 6.20. The van der Waals surface area contributed by atoms with Crippen molar-refractivity contribution in [2.24, 2.45) is 48.7 Å². The van der Waals surface area contributed by atoms with E-state index >= 15 is 0 Å². The molecule has 1 aromatic rings. The second kappa shape index (κ2) is 25.1. The third-order valence-electron chi connectivity index (χ3n) is 30.5. The van der Waals surface area contributed by atoms with E-state index in [-0.39, 0.29) is 76.7 Å². The molecule has 3 aliphatic heterocycles. The molecule has 4 heteroatoms. The lowest BCUT2D eigenvalue weighted by Gasteiger charge is -2.64. The Bertz CT molecular complexity index is 2960. The van der Waals surface area contributed by atoms with Crippen LogP contribution in [0.25, 0.3) is 0 Å². The molecule has 90 heavy (non-hydrogen) atoms. The third-order valence-corrected chi connectivity index (χ3v) is 30.5. The Hall–Kier alpha value is -3.24. The van der Waals surface area contributed by atoms with Gasteiger partial charge in [-0.2, -0.15) is 0 Å². The van der Waals surface area contributed by atoms with Gasteiger partial charge in [-0.3, -0.25) is 0 Å². The molecular weight excluding hydrogens is 1100 g/mol. The summed E-state index contributed by atoms with van der Waals surface area (Å²) in [5.74, 6) is 2.87. The molecule has 1 aromatic carbocycles. The number of ether oxygens (including phenoxy) is 4. The SMILES string of the molecule is CC1=C(C)C(C)(C)C(C)(C)C(C)(C)C1(C)C.CC1=C(C)C(C)(C)C(C)(C)C(C)(C)O1.CC1=C(C)C(C)(C)C(C)(C)OC1(C)C.CC1=C(C)C(C)(C)C(C)=C(C)C1(C)C.CC1=C(C)C(C)(C)c2c(C)c(C)c(C)c(C)c2C1(C)C.CC1=C(C)OC(C)(C)C(C)(C)O1. The van der Waals surface area contributed by atoms with Crippen LogP contribution in [0.2, 0.25) is 0 Å². The highest BCUT2D eigenvalue weighted by molar-refractivity contribution is 5.63. The molecule has 0 fully saturated rings. The normalized spacial score (nSPS) is 26.3. The first-order chi connectivity index (χ1) is 39.2. The zero-order valence-corrected chi connectivity index (χ0v) is 69.6. The summed E-state index contributed by atoms with van der Waals surface area (Å²) in [5.41, 5.74) is 27.3. The van der Waals surface area contributed by atoms with Gasteiger partial charge in [-0.1, -0.05) is 202 Å². The first-order valence-corrected chi connectivity index (χ1v) is 34.9. The van der Waals surface area contributed by atoms with Crippen molar-refractivity contribution in [2.45, 2.75) is 385 Å². The lowest BCUT2D eigenvalue weighted by molar-refractivity contribution is -0.167. The number of allylic oxidation sites excluding steroid dienone is 12. The van der Waals surface area contributed by atoms with Crippen molar-refractivity contribution < 1.29 is 18.9 Å². The summed E-state index contributed by atoms with van der Waals surface area (Å²) in [4.78, 5) is 0. The standard InChI is InChI=1S/C20H30.C16H30.C14H24.2C13H24O.C10H18O2/c1-11-12(2)14(4)18-17(13(11)3)19(7,8)15(5)16(6)20(18,9)10;1-11-12(2)14(5,6)16(9,10)15(7,8)13(11,3)4;1-9-10(2)14(7,8)12(4)11(3)13(9,5)6;1-9-10(2)14-13(7,8)12(5,6)11(9,3)4;1-9-10(2)12(5,6)14-13(7,8)11(9,3)4;1-7-8(2)12-10(5,6)9(3,4)11-7/h1-10H3;1-10H3;3*1-8H3;1-6H3. The van der Waals surface area contributed by atoms with Crippen molar-refractivity contribution in [2.75, 3.05) is 0 Å². The zero-order valence-electron chi connectivity index (χ0n) is 69.6. The first-order valence-electron chi connectivity index (χ1n) is 34.9. The Labute approximate surface area is 561 Å². The summed E-state index contributed by atoms with van der Waals surface area (Å²) in [6, 6.07) is 0. The van der Waals surface area contributed by atoms with Crippen LogP contribution < -0.4 is 0 Å². The van der Waals surface area contributed by atoms with Gasteiger partial charge in [-0.25, -0.2) is 0 Å². The van der Waals surface area contributed by atoms with Crippen molar-refractivity contribution in [3.8, 4) is 0 Å². The highest BCUT2D eigenvalue weighted by atomic mass is 16.6. The Balaban J connectivity index is 0.000000371. The highest BCUT2D eigenvalue weighted by Gasteiger charge is 2.60. The molecule has 518 valence electrons. The summed E-state index contributed by atoms with van der Waals surface area (Å²) in [5, 5.41) is 0. The topological polar surface area (TPSA) is 36.9 Å². The maximum Gasteiger partial charge on any atom is 0.142 e. The third kappa shape index (κ3) is 13.4. The minimum absolute atomic E-state index is 0.0971. The van der Waals surface area contributed by atoms with E-state index in [4.69, 9.17) is 18.9 Å². The van der Waals surface area contributed by atoms with Gasteiger partial charge in [-0.05, 0) is 265 Å². The van der Waals surface area contributed by atoms with Crippen molar-refractivity contribution in [1.29, 1.82) is 0 Å². The summed E-state index contributed by atoms with van der Waals surface area (Å²) in [6.07, 6.45) is 0. The zero-order chi connectivity index (χ0) is 72.4. The lowest BCUT2D eigenvalue weighted by Crippen LogP contribution is -2.56. The van der Waals surface area contributed by atoms with E-state index in [1.807, 2.05) is 41.5 Å². The second-order valence-corrected chi connectivity index (χ2v) is 37.6. The quantitative estimate of drug-likeness (QED) is 0.243. The number of benzene rings is 1. The fraction of sp³-hybridized carbons (Fsp3) is 0.767. The molecule has 0 amide bonds. The molecule has 7 rings (SSSR count). The lowest BCUT2D eigenvalue weighted by atomic mass is 9.40. The van der Waals surface area contributed by atoms with Gasteiger partial charge >= 0.3 is 0 Å². The van der Waals surface area contributed by atoms with Crippen molar-refractivity contribution in [1.82, 2.24) is 0 Å². The van der Waals surface area contributed by atoms with Crippen LogP contribution in [0.15, 0.2) is 78.6 Å². The smallest absolute Gasteiger partial charge is 0.142 e. The fourth-order valence-electron chi connectivity index (χ4n) is 15.7. The van der Waals surface area contributed by atoms with E-state index in [9.17, 15) is 0 Å². The van der Waals surface area contributed by atoms with E-state index in [0.29, 0.717) is 10.8 Å². The molecular formula is C86H150O4. The van der Waals surface area contributed by atoms with Crippen molar-refractivity contribution in [3.63, 3.8) is 0 Å². The molecule has 0 aromatic heterocycles. The molecule has 3 aliphatic carbocycles. The Kier molecular flexibility index (Phi) is 23.1. The molecule has 0 saturated heterocycles. The predicted molar refractivity (Wildman–Crippen MR) is 399 cm³/mol. The van der Waals surface area contributed by atoms with Crippen LogP contribution in [-0.4, -0.2) is 28.0 Å². The average molecular weight is 1250 g/mol. The molecule has 0 N–H and O–H groups in total. The van der Waals surface area contributed by atoms with Gasteiger partial charge in [0.05, 0.1) is 17.0 Å². The van der Waals surface area contributed by atoms with Gasteiger partial charge in [0.1, 0.15) is 28.3 Å². The van der Waals surface area contributed by atoms with Crippen LogP contribution in [0.4, 0.5) is 0 Å². The summed E-state index contributed by atoms with van der Waals surface area (Å²) in [6.45, 7) is 113. The number of hydrogen-bond donors (Lipinski definition) is 0. The van der Waals surface area contributed by atoms with Crippen LogP contribution in [0.5, 0.6) is 0 Å². The van der Waals surface area contributed by atoms with Crippen LogP contribution >= 0.6 is 0 Å². The number of fused-ring (bicyclic) bond motifs is 1. The number of rotatable bonds is 0. The Morgan fingerprint density at radius 2 is 0.422 bits per heavy atom. The predicted octanol–water partition coefficient (Wildman–Crippen LogP) is 26.9. The van der Waals surface area contributed by atoms with Gasteiger partial charge in [-0.15, -0.1) is 0 Å². The van der Waals surface area contributed by atoms with E-state index < -0.39 is 0 Å². The molecule has 0 atom stereocenters. The van der Waals surface area contributed by atoms with Gasteiger partial charge in [0.2, 0.25) is 0 Å². The van der Waals surface area contributed by atoms with Gasteiger partial charge in [0, 0.05) is 32.5 Å². The van der Waals surface area contributed by atoms with Crippen molar-refractivity contribution >= 4 is 0 Å². The monoisotopic (exact) mass is 1250 g/mol. The maximum atomic E-state index is 6.20. The van der Waals surface area contributed by atoms with E-state index in [0.717, 1.165) is 17.3 Å². The molecule has 0 unspecified atom stereocenters. The van der Waals surface area contributed by atoms with Gasteiger partial charge in [0.15, 0.2) is 0 Å². The molecule has 0 radical (unpaired) electrons. The van der Waals surface area contributed by atoms with Crippen LogP contribution in [-0.2, 0) is 29.8 Å². The van der Waals surface area contributed by atoms with Crippen LogP contribution in [0.1, 0.15) is 352 Å². The highest BCUT2D eigenvalue weighted by Crippen LogP contribution is 2.68. The van der Waals surface area contributed by atoms with Gasteiger partial charge in [0.25, 0.3) is 0 Å². The van der Waals surface area contributed by atoms with E-state index in [1.54, 1.807) is 55.7 Å². The molecule has 4 nitrogen and oxygen atoms in total. The summed E-state index contributed by atoms with van der Waals surface area (Å²) >= 11 is 0. The van der Waals surface area contributed by atoms with E-state index in [1.165, 1.54) is 39.0 Å². The molecule has 0 spiro atoms.